The zero-order valence-corrected chi connectivity index (χ0v) is 21.0. The molecular formula is C26H30F3N5O4. The SMILES string of the molecule is CNC(=O)OCCN(Cc1ncccc1C(F)(F)F)C(=O)CNc1cccc2c1CCN(C(=O)C1CC1)C2. The second-order valence-corrected chi connectivity index (χ2v) is 9.28. The molecule has 2 aliphatic rings. The van der Waals surface area contributed by atoms with Crippen LogP contribution in [0, 0.1) is 5.92 Å². The summed E-state index contributed by atoms with van der Waals surface area (Å²) in [4.78, 5) is 44.0. The number of fused-ring (bicyclic) bond motifs is 1. The van der Waals surface area contributed by atoms with Crippen LogP contribution < -0.4 is 10.6 Å². The molecular weight excluding hydrogens is 503 g/mol. The van der Waals surface area contributed by atoms with Gasteiger partial charge in [0.1, 0.15) is 6.61 Å². The third-order valence-corrected chi connectivity index (χ3v) is 6.62. The molecule has 4 rings (SSSR count). The standard InChI is InChI=1S/C26H30F3N5O4/c1-30-25(37)38-13-12-33(16-22-20(26(27,28)29)5-3-10-31-22)23(35)14-32-21-6-2-4-18-15-34(11-9-19(18)21)24(36)17-7-8-17/h2-6,10,17,32H,7-9,11-16H2,1H3,(H,30,37). The van der Waals surface area contributed by atoms with Crippen LogP contribution in [0.5, 0.6) is 0 Å². The zero-order chi connectivity index (χ0) is 27.3. The molecule has 12 heteroatoms. The van der Waals surface area contributed by atoms with E-state index in [-0.39, 0.29) is 37.2 Å². The van der Waals surface area contributed by atoms with Crippen molar-refractivity contribution in [1.82, 2.24) is 20.1 Å². The molecule has 204 valence electrons. The Hall–Kier alpha value is -3.83. The van der Waals surface area contributed by atoms with Crippen LogP contribution >= 0.6 is 0 Å². The molecule has 1 saturated carbocycles. The number of anilines is 1. The number of alkyl halides is 3. The van der Waals surface area contributed by atoms with E-state index >= 15 is 0 Å². The maximum Gasteiger partial charge on any atom is 0.418 e. The fourth-order valence-electron chi connectivity index (χ4n) is 4.45. The number of benzene rings is 1. The third kappa shape index (κ3) is 6.73. The lowest BCUT2D eigenvalue weighted by atomic mass is 9.97. The van der Waals surface area contributed by atoms with Gasteiger partial charge in [0.2, 0.25) is 11.8 Å². The summed E-state index contributed by atoms with van der Waals surface area (Å²) in [6.45, 7) is 0.195. The highest BCUT2D eigenvalue weighted by atomic mass is 19.4. The molecule has 0 spiro atoms. The number of halogens is 3. The number of carbonyl (C=O) groups excluding carboxylic acids is 3. The Balaban J connectivity index is 1.45. The number of alkyl carbamates (subject to hydrolysis) is 1. The molecule has 1 aliphatic heterocycles. The number of nitrogens with zero attached hydrogens (tertiary/aromatic N) is 3. The minimum atomic E-state index is -4.63. The van der Waals surface area contributed by atoms with Gasteiger partial charge < -0.3 is 25.2 Å². The lowest BCUT2D eigenvalue weighted by Crippen LogP contribution is -2.39. The predicted molar refractivity (Wildman–Crippen MR) is 132 cm³/mol. The van der Waals surface area contributed by atoms with E-state index in [0.29, 0.717) is 19.5 Å². The summed E-state index contributed by atoms with van der Waals surface area (Å²) in [7, 11) is 1.38. The van der Waals surface area contributed by atoms with Gasteiger partial charge in [-0.05, 0) is 48.6 Å². The van der Waals surface area contributed by atoms with Crippen LogP contribution in [0.1, 0.15) is 35.2 Å². The maximum atomic E-state index is 13.5. The summed E-state index contributed by atoms with van der Waals surface area (Å²) in [6.07, 6.45) is -1.58. The molecule has 2 N–H and O–H groups in total. The van der Waals surface area contributed by atoms with Gasteiger partial charge in [-0.2, -0.15) is 13.2 Å². The predicted octanol–water partition coefficient (Wildman–Crippen LogP) is 3.19. The minimum Gasteiger partial charge on any atom is -0.448 e. The van der Waals surface area contributed by atoms with Crippen LogP contribution in [0.25, 0.3) is 0 Å². The average Bonchev–Trinajstić information content (AvgIpc) is 3.75. The van der Waals surface area contributed by atoms with Crippen molar-refractivity contribution in [1.29, 1.82) is 0 Å². The van der Waals surface area contributed by atoms with Gasteiger partial charge in [0.25, 0.3) is 0 Å². The van der Waals surface area contributed by atoms with Gasteiger partial charge in [0.15, 0.2) is 0 Å². The number of carbonyl (C=O) groups is 3. The molecule has 2 aromatic rings. The van der Waals surface area contributed by atoms with Gasteiger partial charge in [-0.25, -0.2) is 4.79 Å². The molecule has 3 amide bonds. The molecule has 0 unspecified atom stereocenters. The van der Waals surface area contributed by atoms with Crippen LogP contribution in [0.15, 0.2) is 36.5 Å². The van der Waals surface area contributed by atoms with Crippen LogP contribution in [0.2, 0.25) is 0 Å². The number of amides is 3. The number of ether oxygens (including phenoxy) is 1. The van der Waals surface area contributed by atoms with E-state index in [1.54, 1.807) is 0 Å². The highest BCUT2D eigenvalue weighted by Crippen LogP contribution is 2.34. The fraction of sp³-hybridized carbons (Fsp3) is 0.462. The molecule has 1 aromatic carbocycles. The van der Waals surface area contributed by atoms with Crippen LogP contribution in [-0.4, -0.2) is 66.0 Å². The Kier molecular flexibility index (Phi) is 8.38. The van der Waals surface area contributed by atoms with E-state index in [9.17, 15) is 27.6 Å². The largest absolute Gasteiger partial charge is 0.448 e. The number of hydrogen-bond acceptors (Lipinski definition) is 6. The Morgan fingerprint density at radius 3 is 2.68 bits per heavy atom. The number of nitrogens with one attached hydrogen (secondary N) is 2. The quantitative estimate of drug-likeness (QED) is 0.513. The van der Waals surface area contributed by atoms with Crippen LogP contribution in [0.4, 0.5) is 23.7 Å². The van der Waals surface area contributed by atoms with Gasteiger partial charge in [0, 0.05) is 37.9 Å². The van der Waals surface area contributed by atoms with Crippen molar-refractivity contribution >= 4 is 23.6 Å². The van der Waals surface area contributed by atoms with Gasteiger partial charge in [-0.1, -0.05) is 12.1 Å². The zero-order valence-electron chi connectivity index (χ0n) is 21.0. The first-order chi connectivity index (χ1) is 18.2. The fourth-order valence-corrected chi connectivity index (χ4v) is 4.45. The molecule has 9 nitrogen and oxygen atoms in total. The summed E-state index contributed by atoms with van der Waals surface area (Å²) < 4.78 is 45.5. The van der Waals surface area contributed by atoms with Gasteiger partial charge in [0.05, 0.1) is 30.9 Å². The molecule has 0 radical (unpaired) electrons. The summed E-state index contributed by atoms with van der Waals surface area (Å²) in [5.74, 6) is -0.152. The van der Waals surface area contributed by atoms with E-state index in [4.69, 9.17) is 4.74 Å². The Morgan fingerprint density at radius 1 is 1.18 bits per heavy atom. The molecule has 38 heavy (non-hydrogen) atoms. The van der Waals surface area contributed by atoms with Crippen LogP contribution in [0.3, 0.4) is 0 Å². The first-order valence-corrected chi connectivity index (χ1v) is 12.4. The van der Waals surface area contributed by atoms with Crippen molar-refractivity contribution in [3.05, 3.63) is 58.9 Å². The number of aromatic nitrogens is 1. The Morgan fingerprint density at radius 2 is 1.97 bits per heavy atom. The molecule has 0 saturated heterocycles. The summed E-state index contributed by atoms with van der Waals surface area (Å²) in [6, 6.07) is 7.74. The lowest BCUT2D eigenvalue weighted by Gasteiger charge is -2.30. The highest BCUT2D eigenvalue weighted by Gasteiger charge is 2.36. The Labute approximate surface area is 218 Å². The first kappa shape index (κ1) is 27.2. The lowest BCUT2D eigenvalue weighted by molar-refractivity contribution is -0.140. The van der Waals surface area contributed by atoms with E-state index in [0.717, 1.165) is 35.7 Å². The molecule has 1 aliphatic carbocycles. The summed E-state index contributed by atoms with van der Waals surface area (Å²) >= 11 is 0. The minimum absolute atomic E-state index is 0.118. The van der Waals surface area contributed by atoms with Crippen molar-refractivity contribution < 1.29 is 32.3 Å². The molecule has 0 atom stereocenters. The second-order valence-electron chi connectivity index (χ2n) is 9.28. The highest BCUT2D eigenvalue weighted by molar-refractivity contribution is 5.82. The number of hydrogen-bond donors (Lipinski definition) is 2. The molecule has 0 bridgehead atoms. The Bertz CT molecular complexity index is 1190. The molecule has 2 heterocycles. The van der Waals surface area contributed by atoms with Crippen molar-refractivity contribution in [2.24, 2.45) is 5.92 Å². The molecule has 1 fully saturated rings. The van der Waals surface area contributed by atoms with Crippen molar-refractivity contribution in [3.8, 4) is 0 Å². The van der Waals surface area contributed by atoms with E-state index in [1.165, 1.54) is 24.2 Å². The van der Waals surface area contributed by atoms with Crippen molar-refractivity contribution in [2.75, 3.05) is 38.6 Å². The van der Waals surface area contributed by atoms with E-state index < -0.39 is 30.3 Å². The molecule has 1 aromatic heterocycles. The smallest absolute Gasteiger partial charge is 0.418 e. The van der Waals surface area contributed by atoms with Crippen LogP contribution in [-0.2, 0) is 40.0 Å². The monoisotopic (exact) mass is 533 g/mol. The van der Waals surface area contributed by atoms with Gasteiger partial charge >= 0.3 is 12.3 Å². The van der Waals surface area contributed by atoms with E-state index in [2.05, 4.69) is 15.6 Å². The first-order valence-electron chi connectivity index (χ1n) is 12.4. The maximum absolute atomic E-state index is 13.5. The third-order valence-electron chi connectivity index (χ3n) is 6.62. The van der Waals surface area contributed by atoms with Gasteiger partial charge in [-0.15, -0.1) is 0 Å². The number of pyridine rings is 1. The van der Waals surface area contributed by atoms with Crippen molar-refractivity contribution in [3.63, 3.8) is 0 Å². The van der Waals surface area contributed by atoms with Crippen molar-refractivity contribution in [2.45, 2.75) is 38.5 Å². The summed E-state index contributed by atoms with van der Waals surface area (Å²) in [5.41, 5.74) is 1.52. The average molecular weight is 534 g/mol. The normalized spacial score (nSPS) is 14.9. The topological polar surface area (TPSA) is 104 Å². The second kappa shape index (κ2) is 11.7. The summed E-state index contributed by atoms with van der Waals surface area (Å²) in [5, 5.41) is 5.40. The van der Waals surface area contributed by atoms with E-state index in [1.807, 2.05) is 23.1 Å². The van der Waals surface area contributed by atoms with Gasteiger partial charge in [-0.3, -0.25) is 14.6 Å². The number of rotatable bonds is 9.